The highest BCUT2D eigenvalue weighted by Crippen LogP contribution is 2.30. The molecule has 0 unspecified atom stereocenters. The van der Waals surface area contributed by atoms with E-state index in [2.05, 4.69) is 16.1 Å². The summed E-state index contributed by atoms with van der Waals surface area (Å²) in [6.07, 6.45) is 2.63. The fourth-order valence-electron chi connectivity index (χ4n) is 3.80. The van der Waals surface area contributed by atoms with Gasteiger partial charge in [-0.25, -0.2) is 13.9 Å². The van der Waals surface area contributed by atoms with Gasteiger partial charge in [0.1, 0.15) is 10.8 Å². The zero-order chi connectivity index (χ0) is 20.7. The fourth-order valence-corrected chi connectivity index (χ4v) is 4.73. The maximum absolute atomic E-state index is 13.3. The summed E-state index contributed by atoms with van der Waals surface area (Å²) >= 11 is 1.45. The van der Waals surface area contributed by atoms with E-state index in [4.69, 9.17) is 0 Å². The van der Waals surface area contributed by atoms with Crippen molar-refractivity contribution in [1.82, 2.24) is 14.6 Å². The minimum Gasteiger partial charge on any atom is -0.311 e. The second-order valence-corrected chi connectivity index (χ2v) is 8.24. The number of halogens is 1. The number of fused-ring (bicyclic) bond motifs is 2. The average molecular weight is 418 g/mol. The molecule has 0 atom stereocenters. The molecule has 4 aromatic rings. The topological polar surface area (TPSA) is 50.5 Å². The van der Waals surface area contributed by atoms with Gasteiger partial charge in [0.05, 0.1) is 11.9 Å². The lowest BCUT2D eigenvalue weighted by Gasteiger charge is -2.17. The molecule has 0 spiro atoms. The van der Waals surface area contributed by atoms with Gasteiger partial charge in [-0.2, -0.15) is 5.10 Å². The van der Waals surface area contributed by atoms with E-state index in [1.54, 1.807) is 22.8 Å². The van der Waals surface area contributed by atoms with E-state index in [1.807, 2.05) is 36.1 Å². The Morgan fingerprint density at radius 2 is 1.97 bits per heavy atom. The van der Waals surface area contributed by atoms with Crippen LogP contribution in [0.3, 0.4) is 0 Å². The third-order valence-corrected chi connectivity index (χ3v) is 6.23. The van der Waals surface area contributed by atoms with Crippen molar-refractivity contribution in [3.8, 4) is 11.1 Å². The molecule has 0 fully saturated rings. The SMILES string of the molecule is Cc1cc(SCC(=O)N2CCc3ccccc32)n2ncc(-c3ccc(F)cc3)c2n1. The van der Waals surface area contributed by atoms with Crippen molar-refractivity contribution in [3.05, 3.63) is 77.9 Å². The molecule has 0 N–H and O–H groups in total. The van der Waals surface area contributed by atoms with Gasteiger partial charge in [0.2, 0.25) is 5.91 Å². The molecular formula is C23H19FN4OS. The molecule has 1 amide bonds. The first-order chi connectivity index (χ1) is 14.6. The zero-order valence-electron chi connectivity index (χ0n) is 16.4. The highest BCUT2D eigenvalue weighted by atomic mass is 32.2. The molecule has 2 aromatic heterocycles. The van der Waals surface area contributed by atoms with Gasteiger partial charge < -0.3 is 4.90 Å². The first-order valence-electron chi connectivity index (χ1n) is 9.72. The second kappa shape index (κ2) is 7.57. The Bertz CT molecular complexity index is 1250. The van der Waals surface area contributed by atoms with Gasteiger partial charge in [-0.1, -0.05) is 42.1 Å². The number of amides is 1. The van der Waals surface area contributed by atoms with Gasteiger partial charge in [0, 0.05) is 23.5 Å². The highest BCUT2D eigenvalue weighted by molar-refractivity contribution is 7.99. The van der Waals surface area contributed by atoms with Crippen molar-refractivity contribution in [2.24, 2.45) is 0 Å². The van der Waals surface area contributed by atoms with Crippen LogP contribution >= 0.6 is 11.8 Å². The molecule has 1 aliphatic heterocycles. The first kappa shape index (κ1) is 18.8. The molecule has 150 valence electrons. The number of benzene rings is 2. The molecule has 0 bridgehead atoms. The lowest BCUT2D eigenvalue weighted by molar-refractivity contribution is -0.116. The van der Waals surface area contributed by atoms with Crippen LogP contribution in [-0.2, 0) is 11.2 Å². The molecule has 2 aromatic carbocycles. The van der Waals surface area contributed by atoms with Crippen LogP contribution in [0.2, 0.25) is 0 Å². The number of carbonyl (C=O) groups is 1. The Labute approximate surface area is 177 Å². The number of carbonyl (C=O) groups excluding carboxylic acids is 1. The summed E-state index contributed by atoms with van der Waals surface area (Å²) in [5.74, 6) is 0.120. The van der Waals surface area contributed by atoms with Crippen molar-refractivity contribution >= 4 is 29.0 Å². The standard InChI is InChI=1S/C23H19FN4OS/c1-15-12-22(30-14-21(29)27-11-10-17-4-2-3-5-20(17)27)28-23(26-15)19(13-25-28)16-6-8-18(24)9-7-16/h2-9,12-13H,10-11,14H2,1H3. The Hall–Kier alpha value is -3.19. The largest absolute Gasteiger partial charge is 0.311 e. The fraction of sp³-hybridized carbons (Fsp3) is 0.174. The second-order valence-electron chi connectivity index (χ2n) is 7.25. The molecule has 1 aliphatic rings. The lowest BCUT2D eigenvalue weighted by atomic mass is 10.1. The number of nitrogens with zero attached hydrogens (tertiary/aromatic N) is 4. The molecule has 0 saturated carbocycles. The highest BCUT2D eigenvalue weighted by Gasteiger charge is 2.24. The summed E-state index contributed by atoms with van der Waals surface area (Å²) in [6, 6.07) is 16.3. The number of hydrogen-bond donors (Lipinski definition) is 0. The summed E-state index contributed by atoms with van der Waals surface area (Å²) in [7, 11) is 0. The van der Waals surface area contributed by atoms with Crippen molar-refractivity contribution in [3.63, 3.8) is 0 Å². The van der Waals surface area contributed by atoms with Crippen LogP contribution in [0.5, 0.6) is 0 Å². The summed E-state index contributed by atoms with van der Waals surface area (Å²) < 4.78 is 15.0. The van der Waals surface area contributed by atoms with Gasteiger partial charge in [-0.15, -0.1) is 0 Å². The number of anilines is 1. The molecule has 5 nitrogen and oxygen atoms in total. The molecular weight excluding hydrogens is 399 g/mol. The summed E-state index contributed by atoms with van der Waals surface area (Å²) in [5.41, 5.74) is 5.45. The lowest BCUT2D eigenvalue weighted by Crippen LogP contribution is -2.30. The van der Waals surface area contributed by atoms with Gasteiger partial charge in [-0.05, 0) is 48.7 Å². The van der Waals surface area contributed by atoms with Crippen molar-refractivity contribution < 1.29 is 9.18 Å². The maximum Gasteiger partial charge on any atom is 0.237 e. The quantitative estimate of drug-likeness (QED) is 0.361. The predicted octanol–water partition coefficient (Wildman–Crippen LogP) is 4.53. The Morgan fingerprint density at radius 3 is 2.80 bits per heavy atom. The normalized spacial score (nSPS) is 13.1. The Balaban J connectivity index is 1.41. The number of aromatic nitrogens is 3. The number of aryl methyl sites for hydroxylation is 1. The number of rotatable bonds is 4. The smallest absolute Gasteiger partial charge is 0.237 e. The monoisotopic (exact) mass is 418 g/mol. The first-order valence-corrected chi connectivity index (χ1v) is 10.7. The van der Waals surface area contributed by atoms with Crippen LogP contribution in [0.1, 0.15) is 11.3 Å². The molecule has 30 heavy (non-hydrogen) atoms. The number of para-hydroxylation sites is 1. The third-order valence-electron chi connectivity index (χ3n) is 5.25. The third kappa shape index (κ3) is 3.35. The Kier molecular flexibility index (Phi) is 4.75. The van der Waals surface area contributed by atoms with Crippen LogP contribution in [0.25, 0.3) is 16.8 Å². The molecule has 5 rings (SSSR count). The molecule has 0 radical (unpaired) electrons. The van der Waals surface area contributed by atoms with E-state index in [9.17, 15) is 9.18 Å². The van der Waals surface area contributed by atoms with E-state index < -0.39 is 0 Å². The minimum atomic E-state index is -0.280. The van der Waals surface area contributed by atoms with Crippen molar-refractivity contribution in [2.45, 2.75) is 18.4 Å². The predicted molar refractivity (Wildman–Crippen MR) is 116 cm³/mol. The molecule has 0 aliphatic carbocycles. The number of hydrogen-bond acceptors (Lipinski definition) is 4. The summed E-state index contributed by atoms with van der Waals surface area (Å²) in [5, 5.41) is 5.34. The summed E-state index contributed by atoms with van der Waals surface area (Å²) in [6.45, 7) is 2.64. The molecule has 0 saturated heterocycles. The molecule has 7 heteroatoms. The van der Waals surface area contributed by atoms with Crippen LogP contribution in [-0.4, -0.2) is 32.8 Å². The van der Waals surface area contributed by atoms with Crippen molar-refractivity contribution in [2.75, 3.05) is 17.2 Å². The van der Waals surface area contributed by atoms with E-state index >= 15 is 0 Å². The van der Waals surface area contributed by atoms with Crippen LogP contribution in [0.15, 0.2) is 65.8 Å². The van der Waals surface area contributed by atoms with E-state index in [1.165, 1.54) is 29.5 Å². The summed E-state index contributed by atoms with van der Waals surface area (Å²) in [4.78, 5) is 19.4. The van der Waals surface area contributed by atoms with E-state index in [0.29, 0.717) is 11.4 Å². The number of thioether (sulfide) groups is 1. The van der Waals surface area contributed by atoms with Gasteiger partial charge in [-0.3, -0.25) is 4.79 Å². The average Bonchev–Trinajstić information content (AvgIpc) is 3.37. The van der Waals surface area contributed by atoms with Gasteiger partial charge >= 0.3 is 0 Å². The van der Waals surface area contributed by atoms with Gasteiger partial charge in [0.25, 0.3) is 0 Å². The van der Waals surface area contributed by atoms with Crippen molar-refractivity contribution in [1.29, 1.82) is 0 Å². The van der Waals surface area contributed by atoms with Crippen LogP contribution in [0.4, 0.5) is 10.1 Å². The van der Waals surface area contributed by atoms with Crippen LogP contribution in [0, 0.1) is 12.7 Å². The van der Waals surface area contributed by atoms with Gasteiger partial charge in [0.15, 0.2) is 5.65 Å². The van der Waals surface area contributed by atoms with E-state index in [-0.39, 0.29) is 11.7 Å². The van der Waals surface area contributed by atoms with E-state index in [0.717, 1.165) is 40.5 Å². The maximum atomic E-state index is 13.3. The zero-order valence-corrected chi connectivity index (χ0v) is 17.2. The molecule has 3 heterocycles. The Morgan fingerprint density at radius 1 is 1.17 bits per heavy atom. The van der Waals surface area contributed by atoms with Crippen LogP contribution < -0.4 is 4.90 Å². The minimum absolute atomic E-state index is 0.0819.